The van der Waals surface area contributed by atoms with E-state index in [1.165, 1.54) is 18.7 Å². The summed E-state index contributed by atoms with van der Waals surface area (Å²) in [5, 5.41) is 0. The Bertz CT molecular complexity index is 690. The van der Waals surface area contributed by atoms with Crippen LogP contribution in [-0.4, -0.2) is 51.2 Å². The molecule has 3 rings (SSSR count). The highest BCUT2D eigenvalue weighted by Crippen LogP contribution is 2.27. The monoisotopic (exact) mass is 310 g/mol. The lowest BCUT2D eigenvalue weighted by Gasteiger charge is -2.41. The summed E-state index contributed by atoms with van der Waals surface area (Å²) < 4.78 is 0. The Morgan fingerprint density at radius 2 is 1.78 bits per heavy atom. The Hall–Kier alpha value is -2.76. The lowest BCUT2D eigenvalue weighted by Crippen LogP contribution is -2.51. The first kappa shape index (κ1) is 15.1. The van der Waals surface area contributed by atoms with Crippen molar-refractivity contribution in [3.8, 4) is 0 Å². The quantitative estimate of drug-likeness (QED) is 0.843. The molecule has 1 unspecified atom stereocenters. The molecule has 1 aliphatic rings. The predicted molar refractivity (Wildman–Crippen MR) is 84.5 cm³/mol. The molecule has 2 heterocycles. The number of benzene rings is 1. The Morgan fingerprint density at radius 3 is 2.43 bits per heavy atom. The summed E-state index contributed by atoms with van der Waals surface area (Å²) in [6.07, 6.45) is 4.45. The van der Waals surface area contributed by atoms with Gasteiger partial charge in [-0.3, -0.25) is 9.59 Å². The number of nitrogens with zero attached hydrogens (tertiary/aromatic N) is 4. The summed E-state index contributed by atoms with van der Waals surface area (Å²) in [5.41, 5.74) is 1.48. The topological polar surface area (TPSA) is 66.4 Å². The molecule has 0 aliphatic carbocycles. The molecule has 1 aromatic heterocycles. The zero-order chi connectivity index (χ0) is 16.2. The van der Waals surface area contributed by atoms with Gasteiger partial charge in [0.2, 0.25) is 5.91 Å². The van der Waals surface area contributed by atoms with E-state index in [2.05, 4.69) is 9.97 Å². The van der Waals surface area contributed by atoms with Crippen LogP contribution in [0.25, 0.3) is 0 Å². The maximum absolute atomic E-state index is 12.8. The van der Waals surface area contributed by atoms with Crippen LogP contribution >= 0.6 is 0 Å². The second-order valence-electron chi connectivity index (χ2n) is 5.52. The van der Waals surface area contributed by atoms with Gasteiger partial charge in [0.1, 0.15) is 6.33 Å². The standard InChI is InChI=1S/C17H18N4O2/c1-13(22)20-7-8-21(17(23)15-9-18-12-19-10-15)16(11-20)14-5-3-2-4-6-14/h2-6,9-10,12,16H,7-8,11H2,1H3. The van der Waals surface area contributed by atoms with Crippen LogP contribution in [0.4, 0.5) is 0 Å². The summed E-state index contributed by atoms with van der Waals surface area (Å²) in [6, 6.07) is 9.62. The Labute approximate surface area is 134 Å². The minimum Gasteiger partial charge on any atom is -0.339 e. The van der Waals surface area contributed by atoms with E-state index in [0.29, 0.717) is 25.2 Å². The molecule has 118 valence electrons. The van der Waals surface area contributed by atoms with Crippen LogP contribution in [0.5, 0.6) is 0 Å². The van der Waals surface area contributed by atoms with Crippen molar-refractivity contribution in [1.29, 1.82) is 0 Å². The smallest absolute Gasteiger partial charge is 0.257 e. The molecular weight excluding hydrogens is 292 g/mol. The number of carbonyl (C=O) groups excluding carboxylic acids is 2. The fraction of sp³-hybridized carbons (Fsp3) is 0.294. The summed E-state index contributed by atoms with van der Waals surface area (Å²) in [6.45, 7) is 3.09. The van der Waals surface area contributed by atoms with E-state index < -0.39 is 0 Å². The Morgan fingerprint density at radius 1 is 1.09 bits per heavy atom. The maximum Gasteiger partial charge on any atom is 0.257 e. The van der Waals surface area contributed by atoms with Crippen LogP contribution in [0.1, 0.15) is 28.9 Å². The number of hydrogen-bond acceptors (Lipinski definition) is 4. The SMILES string of the molecule is CC(=O)N1CCN(C(=O)c2cncnc2)C(c2ccccc2)C1. The third-order valence-corrected chi connectivity index (χ3v) is 4.08. The normalized spacial score (nSPS) is 17.9. The van der Waals surface area contributed by atoms with Crippen molar-refractivity contribution < 1.29 is 9.59 Å². The van der Waals surface area contributed by atoms with Gasteiger partial charge in [0.25, 0.3) is 5.91 Å². The number of piperazine rings is 1. The largest absolute Gasteiger partial charge is 0.339 e. The molecule has 1 fully saturated rings. The fourth-order valence-electron chi connectivity index (χ4n) is 2.85. The first-order valence-electron chi connectivity index (χ1n) is 7.53. The molecule has 23 heavy (non-hydrogen) atoms. The van der Waals surface area contributed by atoms with Gasteiger partial charge in [0, 0.05) is 39.0 Å². The van der Waals surface area contributed by atoms with E-state index in [1.807, 2.05) is 30.3 Å². The van der Waals surface area contributed by atoms with Gasteiger partial charge in [-0.05, 0) is 5.56 Å². The number of rotatable bonds is 2. The van der Waals surface area contributed by atoms with Crippen LogP contribution in [0.2, 0.25) is 0 Å². The minimum absolute atomic E-state index is 0.0288. The molecular formula is C17H18N4O2. The van der Waals surface area contributed by atoms with Crippen molar-refractivity contribution >= 4 is 11.8 Å². The molecule has 1 saturated heterocycles. The average Bonchev–Trinajstić information content (AvgIpc) is 2.62. The van der Waals surface area contributed by atoms with Gasteiger partial charge in [-0.2, -0.15) is 0 Å². The lowest BCUT2D eigenvalue weighted by molar-refractivity contribution is -0.131. The number of hydrogen-bond donors (Lipinski definition) is 0. The van der Waals surface area contributed by atoms with E-state index in [4.69, 9.17) is 0 Å². The molecule has 0 N–H and O–H groups in total. The molecule has 0 spiro atoms. The van der Waals surface area contributed by atoms with Crippen LogP contribution in [0.15, 0.2) is 49.1 Å². The predicted octanol–water partition coefficient (Wildman–Crippen LogP) is 1.52. The van der Waals surface area contributed by atoms with Crippen LogP contribution in [0, 0.1) is 0 Å². The van der Waals surface area contributed by atoms with E-state index in [9.17, 15) is 9.59 Å². The van der Waals surface area contributed by atoms with Gasteiger partial charge in [-0.15, -0.1) is 0 Å². The molecule has 6 heteroatoms. The lowest BCUT2D eigenvalue weighted by atomic mass is 10.0. The molecule has 1 atom stereocenters. The highest BCUT2D eigenvalue weighted by molar-refractivity contribution is 5.94. The zero-order valence-electron chi connectivity index (χ0n) is 12.9. The highest BCUT2D eigenvalue weighted by atomic mass is 16.2. The Kier molecular flexibility index (Phi) is 4.32. The van der Waals surface area contributed by atoms with Crippen molar-refractivity contribution in [2.24, 2.45) is 0 Å². The van der Waals surface area contributed by atoms with Crippen molar-refractivity contribution in [3.05, 3.63) is 60.2 Å². The maximum atomic E-state index is 12.8. The first-order valence-corrected chi connectivity index (χ1v) is 7.53. The Balaban J connectivity index is 1.91. The molecule has 1 aliphatic heterocycles. The second-order valence-corrected chi connectivity index (χ2v) is 5.52. The third kappa shape index (κ3) is 3.21. The first-order chi connectivity index (χ1) is 11.2. The summed E-state index contributed by atoms with van der Waals surface area (Å²) in [4.78, 5) is 35.9. The molecule has 6 nitrogen and oxygen atoms in total. The van der Waals surface area contributed by atoms with Gasteiger partial charge in [-0.1, -0.05) is 30.3 Å². The van der Waals surface area contributed by atoms with E-state index in [-0.39, 0.29) is 17.9 Å². The van der Waals surface area contributed by atoms with Crippen molar-refractivity contribution in [2.75, 3.05) is 19.6 Å². The van der Waals surface area contributed by atoms with Crippen molar-refractivity contribution in [2.45, 2.75) is 13.0 Å². The van der Waals surface area contributed by atoms with Crippen LogP contribution in [-0.2, 0) is 4.79 Å². The third-order valence-electron chi connectivity index (χ3n) is 4.08. The summed E-state index contributed by atoms with van der Waals surface area (Å²) >= 11 is 0. The molecule has 0 bridgehead atoms. The molecule has 1 aromatic carbocycles. The van der Waals surface area contributed by atoms with E-state index in [1.54, 1.807) is 16.7 Å². The van der Waals surface area contributed by atoms with Gasteiger partial charge >= 0.3 is 0 Å². The average molecular weight is 310 g/mol. The highest BCUT2D eigenvalue weighted by Gasteiger charge is 2.33. The van der Waals surface area contributed by atoms with E-state index >= 15 is 0 Å². The zero-order valence-corrected chi connectivity index (χ0v) is 12.9. The van der Waals surface area contributed by atoms with Gasteiger partial charge < -0.3 is 9.80 Å². The van der Waals surface area contributed by atoms with Crippen LogP contribution in [0.3, 0.4) is 0 Å². The molecule has 2 aromatic rings. The van der Waals surface area contributed by atoms with Crippen LogP contribution < -0.4 is 0 Å². The van der Waals surface area contributed by atoms with Crippen molar-refractivity contribution in [1.82, 2.24) is 19.8 Å². The molecule has 0 saturated carbocycles. The second kappa shape index (κ2) is 6.56. The summed E-state index contributed by atoms with van der Waals surface area (Å²) in [7, 11) is 0. The number of carbonyl (C=O) groups is 2. The van der Waals surface area contributed by atoms with Crippen molar-refractivity contribution in [3.63, 3.8) is 0 Å². The van der Waals surface area contributed by atoms with E-state index in [0.717, 1.165) is 5.56 Å². The summed E-state index contributed by atoms with van der Waals surface area (Å²) in [5.74, 6) is -0.0799. The fourth-order valence-corrected chi connectivity index (χ4v) is 2.85. The number of aromatic nitrogens is 2. The number of amides is 2. The van der Waals surface area contributed by atoms with Gasteiger partial charge in [-0.25, -0.2) is 9.97 Å². The minimum atomic E-state index is -0.165. The van der Waals surface area contributed by atoms with Gasteiger partial charge in [0.15, 0.2) is 0 Å². The molecule has 2 amide bonds. The van der Waals surface area contributed by atoms with Gasteiger partial charge in [0.05, 0.1) is 11.6 Å². The molecule has 0 radical (unpaired) electrons.